The van der Waals surface area contributed by atoms with Gasteiger partial charge in [-0.25, -0.2) is 4.79 Å². The van der Waals surface area contributed by atoms with Gasteiger partial charge in [0.1, 0.15) is 6.10 Å². The van der Waals surface area contributed by atoms with E-state index in [1.807, 2.05) is 0 Å². The fourth-order valence-corrected chi connectivity index (χ4v) is 6.39. The molecule has 4 saturated carbocycles. The highest BCUT2D eigenvalue weighted by atomic mass is 16.6. The van der Waals surface area contributed by atoms with E-state index in [0.29, 0.717) is 11.8 Å². The number of ether oxygens (including phenoxy) is 2. The Bertz CT molecular complexity index is 581. The number of hydrogen-bond acceptors (Lipinski definition) is 5. The Morgan fingerprint density at radius 2 is 1.46 bits per heavy atom. The molecule has 6 atom stereocenters. The summed E-state index contributed by atoms with van der Waals surface area (Å²) in [5.41, 5.74) is 0. The van der Waals surface area contributed by atoms with E-state index in [0.717, 1.165) is 51.4 Å². The van der Waals surface area contributed by atoms with Gasteiger partial charge in [0.15, 0.2) is 6.61 Å². The first-order valence-electron chi connectivity index (χ1n) is 10.1. The number of esters is 2. The standard InChI is InChI=1S/C20H28O6/c21-16(26-11-5-2-1-3-6-11)10-25-20(24)18-15-9-14(17(18)19(22)23)12-7-4-8-13(12)15/h11-15,17-18H,1-10H2,(H,22,23). The number of hydrogen-bond donors (Lipinski definition) is 1. The van der Waals surface area contributed by atoms with Crippen molar-refractivity contribution in [2.24, 2.45) is 35.5 Å². The topological polar surface area (TPSA) is 89.9 Å². The summed E-state index contributed by atoms with van der Waals surface area (Å²) < 4.78 is 10.6. The third-order valence-electron chi connectivity index (χ3n) is 7.32. The maximum atomic E-state index is 12.6. The Balaban J connectivity index is 1.34. The Labute approximate surface area is 153 Å². The van der Waals surface area contributed by atoms with Gasteiger partial charge in [-0.2, -0.15) is 0 Å². The van der Waals surface area contributed by atoms with Crippen molar-refractivity contribution in [3.8, 4) is 0 Å². The van der Waals surface area contributed by atoms with Gasteiger partial charge in [-0.15, -0.1) is 0 Å². The molecule has 1 N–H and O–H groups in total. The molecule has 4 aliphatic carbocycles. The van der Waals surface area contributed by atoms with Crippen LogP contribution in [-0.2, 0) is 23.9 Å². The number of carbonyl (C=O) groups excluding carboxylic acids is 2. The second-order valence-electron chi connectivity index (χ2n) is 8.57. The largest absolute Gasteiger partial charge is 0.481 e. The maximum absolute atomic E-state index is 12.6. The van der Waals surface area contributed by atoms with Gasteiger partial charge in [-0.3, -0.25) is 9.59 Å². The molecule has 0 aromatic rings. The molecule has 26 heavy (non-hydrogen) atoms. The van der Waals surface area contributed by atoms with Crippen LogP contribution in [0.15, 0.2) is 0 Å². The zero-order valence-corrected chi connectivity index (χ0v) is 15.1. The highest BCUT2D eigenvalue weighted by molar-refractivity contribution is 5.84. The highest BCUT2D eigenvalue weighted by Crippen LogP contribution is 2.63. The van der Waals surface area contributed by atoms with E-state index in [-0.39, 0.29) is 17.9 Å². The molecule has 0 aromatic heterocycles. The molecule has 0 saturated heterocycles. The lowest BCUT2D eigenvalue weighted by atomic mass is 9.69. The lowest BCUT2D eigenvalue weighted by Gasteiger charge is -2.34. The normalized spacial score (nSPS) is 38.8. The predicted molar refractivity (Wildman–Crippen MR) is 91.0 cm³/mol. The second-order valence-corrected chi connectivity index (χ2v) is 8.57. The average molecular weight is 364 g/mol. The van der Waals surface area contributed by atoms with E-state index in [1.165, 1.54) is 6.42 Å². The second kappa shape index (κ2) is 7.20. The molecule has 6 unspecified atom stereocenters. The van der Waals surface area contributed by atoms with Gasteiger partial charge in [-0.1, -0.05) is 12.8 Å². The first-order chi connectivity index (χ1) is 12.6. The maximum Gasteiger partial charge on any atom is 0.344 e. The van der Waals surface area contributed by atoms with Crippen molar-refractivity contribution < 1.29 is 29.0 Å². The van der Waals surface area contributed by atoms with Crippen LogP contribution in [0.2, 0.25) is 0 Å². The molecule has 0 amide bonds. The summed E-state index contributed by atoms with van der Waals surface area (Å²) in [5, 5.41) is 9.67. The number of aliphatic carboxylic acids is 1. The average Bonchev–Trinajstić information content (AvgIpc) is 3.31. The highest BCUT2D eigenvalue weighted by Gasteiger charge is 2.63. The Hall–Kier alpha value is -1.59. The lowest BCUT2D eigenvalue weighted by molar-refractivity contribution is -0.170. The van der Waals surface area contributed by atoms with Crippen molar-refractivity contribution in [3.05, 3.63) is 0 Å². The summed E-state index contributed by atoms with van der Waals surface area (Å²) in [6, 6.07) is 0. The van der Waals surface area contributed by atoms with Crippen molar-refractivity contribution in [3.63, 3.8) is 0 Å². The van der Waals surface area contributed by atoms with E-state index in [2.05, 4.69) is 0 Å². The number of carboxylic acids is 1. The van der Waals surface area contributed by atoms with E-state index in [1.54, 1.807) is 0 Å². The Kier molecular flexibility index (Phi) is 4.93. The fourth-order valence-electron chi connectivity index (χ4n) is 6.39. The van der Waals surface area contributed by atoms with Crippen LogP contribution < -0.4 is 0 Å². The summed E-state index contributed by atoms with van der Waals surface area (Å²) >= 11 is 0. The third kappa shape index (κ3) is 3.12. The minimum atomic E-state index is -0.894. The smallest absolute Gasteiger partial charge is 0.344 e. The van der Waals surface area contributed by atoms with Crippen LogP contribution in [-0.4, -0.2) is 35.7 Å². The SMILES string of the molecule is O=C(COC(=O)C1C2CC(C3CCCC32)C1C(=O)O)OC1CCCCC1. The third-order valence-corrected chi connectivity index (χ3v) is 7.32. The van der Waals surface area contributed by atoms with E-state index < -0.39 is 36.4 Å². The van der Waals surface area contributed by atoms with Crippen molar-refractivity contribution in [1.29, 1.82) is 0 Å². The van der Waals surface area contributed by atoms with E-state index >= 15 is 0 Å². The molecule has 0 radical (unpaired) electrons. The number of fused-ring (bicyclic) bond motifs is 5. The summed E-state index contributed by atoms with van der Waals surface area (Å²) in [4.78, 5) is 36.4. The Morgan fingerprint density at radius 3 is 2.12 bits per heavy atom. The zero-order chi connectivity index (χ0) is 18.3. The molecule has 4 fully saturated rings. The van der Waals surface area contributed by atoms with Crippen molar-refractivity contribution in [2.45, 2.75) is 63.9 Å². The van der Waals surface area contributed by atoms with Crippen LogP contribution in [0.4, 0.5) is 0 Å². The zero-order valence-electron chi connectivity index (χ0n) is 15.1. The van der Waals surface area contributed by atoms with Crippen LogP contribution in [0.5, 0.6) is 0 Å². The molecule has 4 aliphatic rings. The minimum absolute atomic E-state index is 0.0662. The summed E-state index contributed by atoms with van der Waals surface area (Å²) in [5.74, 6) is -2.05. The van der Waals surface area contributed by atoms with Crippen molar-refractivity contribution in [1.82, 2.24) is 0 Å². The van der Waals surface area contributed by atoms with Gasteiger partial charge >= 0.3 is 17.9 Å². The predicted octanol–water partition coefficient (Wildman–Crippen LogP) is 2.79. The molecule has 144 valence electrons. The first kappa shape index (κ1) is 17.8. The molecule has 6 nitrogen and oxygen atoms in total. The molecular weight excluding hydrogens is 336 g/mol. The van der Waals surface area contributed by atoms with Crippen LogP contribution in [0, 0.1) is 35.5 Å². The number of rotatable bonds is 5. The monoisotopic (exact) mass is 364 g/mol. The van der Waals surface area contributed by atoms with Gasteiger partial charge in [-0.05, 0) is 68.6 Å². The van der Waals surface area contributed by atoms with Gasteiger partial charge in [0.25, 0.3) is 0 Å². The molecule has 0 spiro atoms. The molecule has 6 heteroatoms. The summed E-state index contributed by atoms with van der Waals surface area (Å²) in [6.45, 7) is -0.399. The fraction of sp³-hybridized carbons (Fsp3) is 0.850. The molecule has 4 rings (SSSR count). The summed E-state index contributed by atoms with van der Waals surface area (Å²) in [6.07, 6.45) is 9.10. The van der Waals surface area contributed by atoms with Gasteiger partial charge < -0.3 is 14.6 Å². The van der Waals surface area contributed by atoms with Crippen LogP contribution >= 0.6 is 0 Å². The van der Waals surface area contributed by atoms with Crippen LogP contribution in [0.1, 0.15) is 57.8 Å². The first-order valence-corrected chi connectivity index (χ1v) is 10.1. The van der Waals surface area contributed by atoms with Gasteiger partial charge in [0.05, 0.1) is 11.8 Å². The molecule has 0 aromatic carbocycles. The Morgan fingerprint density at radius 1 is 0.808 bits per heavy atom. The van der Waals surface area contributed by atoms with Gasteiger partial charge in [0, 0.05) is 0 Å². The van der Waals surface area contributed by atoms with Crippen LogP contribution in [0.3, 0.4) is 0 Å². The molecule has 0 heterocycles. The summed E-state index contributed by atoms with van der Waals surface area (Å²) in [7, 11) is 0. The van der Waals surface area contributed by atoms with Crippen LogP contribution in [0.25, 0.3) is 0 Å². The molecule has 0 aliphatic heterocycles. The van der Waals surface area contributed by atoms with Crippen molar-refractivity contribution >= 4 is 17.9 Å². The van der Waals surface area contributed by atoms with E-state index in [9.17, 15) is 19.5 Å². The lowest BCUT2D eigenvalue weighted by Crippen LogP contribution is -2.42. The van der Waals surface area contributed by atoms with Crippen molar-refractivity contribution in [2.75, 3.05) is 6.61 Å². The number of carboxylic acid groups (broad SMARTS) is 1. The quantitative estimate of drug-likeness (QED) is 0.755. The molecule has 2 bridgehead atoms. The van der Waals surface area contributed by atoms with Gasteiger partial charge in [0.2, 0.25) is 0 Å². The van der Waals surface area contributed by atoms with E-state index in [4.69, 9.17) is 9.47 Å². The number of carbonyl (C=O) groups is 3. The minimum Gasteiger partial charge on any atom is -0.481 e. The molecular formula is C20H28O6.